The highest BCUT2D eigenvalue weighted by Gasteiger charge is 2.50. The van der Waals surface area contributed by atoms with E-state index < -0.39 is 0 Å². The van der Waals surface area contributed by atoms with Crippen molar-refractivity contribution in [3.8, 4) is 0 Å². The van der Waals surface area contributed by atoms with Crippen LogP contribution in [-0.4, -0.2) is 72.6 Å². The second-order valence-electron chi connectivity index (χ2n) is 5.26. The van der Waals surface area contributed by atoms with E-state index in [0.29, 0.717) is 17.4 Å². The van der Waals surface area contributed by atoms with Crippen LogP contribution < -0.4 is 0 Å². The summed E-state index contributed by atoms with van der Waals surface area (Å²) in [5.74, 6) is 1.34. The van der Waals surface area contributed by atoms with Gasteiger partial charge in [-0.3, -0.25) is 4.79 Å². The molecule has 0 bridgehead atoms. The number of hydrogen-bond donors (Lipinski definition) is 0. The number of amides is 1. The molecule has 5 heteroatoms. The maximum absolute atomic E-state index is 11.8. The molecule has 0 saturated carbocycles. The molecule has 1 atom stereocenters. The van der Waals surface area contributed by atoms with Crippen LogP contribution in [-0.2, 0) is 9.53 Å². The lowest BCUT2D eigenvalue weighted by Gasteiger charge is -2.47. The third kappa shape index (κ3) is 2.95. The molecule has 98 valence electrons. The minimum atomic E-state index is 0.251. The van der Waals surface area contributed by atoms with Crippen LogP contribution >= 0.6 is 11.8 Å². The van der Waals surface area contributed by atoms with Crippen molar-refractivity contribution in [2.45, 2.75) is 24.2 Å². The molecule has 4 nitrogen and oxygen atoms in total. The summed E-state index contributed by atoms with van der Waals surface area (Å²) in [5, 5.41) is 0. The van der Waals surface area contributed by atoms with E-state index in [-0.39, 0.29) is 5.91 Å². The average Bonchev–Trinajstić information content (AvgIpc) is 2.59. The first-order valence-corrected chi connectivity index (χ1v) is 7.21. The second-order valence-corrected chi connectivity index (χ2v) is 6.75. The van der Waals surface area contributed by atoms with Gasteiger partial charge in [-0.2, -0.15) is 0 Å². The van der Waals surface area contributed by atoms with E-state index in [1.165, 1.54) is 0 Å². The number of hydrogen-bond acceptors (Lipinski definition) is 4. The normalized spacial score (nSPS) is 26.6. The summed E-state index contributed by atoms with van der Waals surface area (Å²) < 4.78 is 5.97. The Labute approximate surface area is 108 Å². The van der Waals surface area contributed by atoms with Crippen LogP contribution in [0.25, 0.3) is 0 Å². The summed E-state index contributed by atoms with van der Waals surface area (Å²) in [6, 6.07) is 0. The second kappa shape index (κ2) is 5.16. The van der Waals surface area contributed by atoms with Gasteiger partial charge in [-0.05, 0) is 27.4 Å². The van der Waals surface area contributed by atoms with Gasteiger partial charge in [0.2, 0.25) is 5.91 Å². The predicted molar refractivity (Wildman–Crippen MR) is 70.4 cm³/mol. The number of carbonyl (C=O) groups is 1. The number of rotatable bonds is 4. The summed E-state index contributed by atoms with van der Waals surface area (Å²) in [6.07, 6.45) is 1.51. The van der Waals surface area contributed by atoms with Gasteiger partial charge in [0.1, 0.15) is 0 Å². The molecule has 1 amide bonds. The number of likely N-dealkylation sites (N-methyl/N-ethyl adjacent to an activating group) is 1. The van der Waals surface area contributed by atoms with Crippen LogP contribution in [0.1, 0.15) is 13.3 Å². The van der Waals surface area contributed by atoms with E-state index in [0.717, 1.165) is 31.9 Å². The van der Waals surface area contributed by atoms with Gasteiger partial charge >= 0.3 is 0 Å². The molecule has 0 N–H and O–H groups in total. The highest BCUT2D eigenvalue weighted by molar-refractivity contribution is 8.01. The maximum Gasteiger partial charge on any atom is 0.236 e. The maximum atomic E-state index is 11.8. The molecule has 0 radical (unpaired) electrons. The largest absolute Gasteiger partial charge is 0.378 e. The zero-order chi connectivity index (χ0) is 12.5. The Kier molecular flexibility index (Phi) is 4.00. The van der Waals surface area contributed by atoms with Crippen molar-refractivity contribution in [3.05, 3.63) is 0 Å². The van der Waals surface area contributed by atoms with Gasteiger partial charge in [-0.15, -0.1) is 11.8 Å². The first-order chi connectivity index (χ1) is 8.04. The molecular formula is C12H22N2O2S. The van der Waals surface area contributed by atoms with Gasteiger partial charge in [0.25, 0.3) is 0 Å². The molecule has 2 heterocycles. The fourth-order valence-corrected chi connectivity index (χ4v) is 4.11. The van der Waals surface area contributed by atoms with E-state index >= 15 is 0 Å². The lowest BCUT2D eigenvalue weighted by atomic mass is 9.93. The molecule has 0 aliphatic carbocycles. The van der Waals surface area contributed by atoms with Crippen molar-refractivity contribution in [1.29, 1.82) is 0 Å². The van der Waals surface area contributed by atoms with Crippen LogP contribution in [0.15, 0.2) is 0 Å². The van der Waals surface area contributed by atoms with Gasteiger partial charge < -0.3 is 14.5 Å². The SMILES string of the molecule is CCO[C@H]1CSC2(C1)CN(C(=O)CN(C)C)C2. The molecule has 0 unspecified atom stereocenters. The minimum absolute atomic E-state index is 0.251. The van der Waals surface area contributed by atoms with Gasteiger partial charge in [0.15, 0.2) is 0 Å². The number of likely N-dealkylation sites (tertiary alicyclic amines) is 1. The van der Waals surface area contributed by atoms with Crippen LogP contribution in [0.5, 0.6) is 0 Å². The summed E-state index contributed by atoms with van der Waals surface area (Å²) >= 11 is 1.99. The molecular weight excluding hydrogens is 236 g/mol. The molecule has 2 rings (SSSR count). The van der Waals surface area contributed by atoms with E-state index in [1.807, 2.05) is 42.6 Å². The van der Waals surface area contributed by atoms with E-state index in [2.05, 4.69) is 0 Å². The van der Waals surface area contributed by atoms with Gasteiger partial charge in [-0.1, -0.05) is 0 Å². The Morgan fingerprint density at radius 1 is 1.53 bits per heavy atom. The third-order valence-corrected chi connectivity index (χ3v) is 4.92. The Morgan fingerprint density at radius 3 is 2.82 bits per heavy atom. The monoisotopic (exact) mass is 258 g/mol. The highest BCUT2D eigenvalue weighted by Crippen LogP contribution is 2.45. The summed E-state index contributed by atoms with van der Waals surface area (Å²) in [7, 11) is 3.87. The fraction of sp³-hybridized carbons (Fsp3) is 0.917. The van der Waals surface area contributed by atoms with Gasteiger partial charge in [0.05, 0.1) is 17.4 Å². The molecule has 2 aliphatic rings. The smallest absolute Gasteiger partial charge is 0.236 e. The third-order valence-electron chi connectivity index (χ3n) is 3.34. The Hall–Kier alpha value is -0.260. The van der Waals surface area contributed by atoms with Crippen LogP contribution in [0, 0.1) is 0 Å². The fourth-order valence-electron chi connectivity index (χ4n) is 2.56. The van der Waals surface area contributed by atoms with Crippen molar-refractivity contribution >= 4 is 17.7 Å². The molecule has 2 aliphatic heterocycles. The van der Waals surface area contributed by atoms with Crippen LogP contribution in [0.4, 0.5) is 0 Å². The number of carbonyl (C=O) groups excluding carboxylic acids is 1. The molecule has 0 aromatic rings. The van der Waals surface area contributed by atoms with Crippen molar-refractivity contribution in [2.24, 2.45) is 0 Å². The molecule has 17 heavy (non-hydrogen) atoms. The topological polar surface area (TPSA) is 32.8 Å². The van der Waals surface area contributed by atoms with Crippen molar-refractivity contribution in [3.63, 3.8) is 0 Å². The van der Waals surface area contributed by atoms with Crippen molar-refractivity contribution in [2.75, 3.05) is 46.1 Å². The van der Waals surface area contributed by atoms with Gasteiger partial charge in [0, 0.05) is 25.4 Å². The zero-order valence-electron chi connectivity index (χ0n) is 10.9. The Morgan fingerprint density at radius 2 is 2.24 bits per heavy atom. The molecule has 2 saturated heterocycles. The van der Waals surface area contributed by atoms with Gasteiger partial charge in [-0.25, -0.2) is 0 Å². The molecule has 1 spiro atoms. The van der Waals surface area contributed by atoms with Crippen molar-refractivity contribution in [1.82, 2.24) is 9.80 Å². The molecule has 2 fully saturated rings. The number of ether oxygens (including phenoxy) is 1. The Bertz CT molecular complexity index is 290. The highest BCUT2D eigenvalue weighted by atomic mass is 32.2. The number of thioether (sulfide) groups is 1. The first kappa shape index (κ1) is 13.2. The standard InChI is InChI=1S/C12H22N2O2S/c1-4-16-10-5-12(17-7-10)8-14(9-12)11(15)6-13(2)3/h10H,4-9H2,1-3H3/t10-/m1/s1. The average molecular weight is 258 g/mol. The molecule has 0 aromatic heterocycles. The van der Waals surface area contributed by atoms with Crippen LogP contribution in [0.3, 0.4) is 0 Å². The van der Waals surface area contributed by atoms with E-state index in [4.69, 9.17) is 4.74 Å². The van der Waals surface area contributed by atoms with Crippen molar-refractivity contribution < 1.29 is 9.53 Å². The van der Waals surface area contributed by atoms with Crippen LogP contribution in [0.2, 0.25) is 0 Å². The summed E-state index contributed by atoms with van der Waals surface area (Å²) in [4.78, 5) is 15.7. The van der Waals surface area contributed by atoms with E-state index in [1.54, 1.807) is 0 Å². The zero-order valence-corrected chi connectivity index (χ0v) is 11.8. The Balaban J connectivity index is 1.77. The summed E-state index contributed by atoms with van der Waals surface area (Å²) in [6.45, 7) is 5.19. The van der Waals surface area contributed by atoms with E-state index in [9.17, 15) is 4.79 Å². The lowest BCUT2D eigenvalue weighted by Crippen LogP contribution is -2.62. The summed E-state index contributed by atoms with van der Waals surface area (Å²) in [5.41, 5.74) is 0. The number of nitrogens with zero attached hydrogens (tertiary/aromatic N) is 2. The minimum Gasteiger partial charge on any atom is -0.378 e. The predicted octanol–water partition coefficient (Wildman–Crippen LogP) is 0.671. The molecule has 0 aromatic carbocycles. The first-order valence-electron chi connectivity index (χ1n) is 6.23. The lowest BCUT2D eigenvalue weighted by molar-refractivity contribution is -0.137. The quantitative estimate of drug-likeness (QED) is 0.742.